The fourth-order valence-electron chi connectivity index (χ4n) is 5.10. The van der Waals surface area contributed by atoms with Crippen LogP contribution in [0.2, 0.25) is 0 Å². The van der Waals surface area contributed by atoms with Crippen molar-refractivity contribution in [1.29, 1.82) is 0 Å². The molecule has 0 radical (unpaired) electrons. The number of piperidine rings is 1. The Morgan fingerprint density at radius 1 is 1.15 bits per heavy atom. The van der Waals surface area contributed by atoms with Crippen molar-refractivity contribution in [1.82, 2.24) is 24.2 Å². The number of rotatable bonds is 8. The van der Waals surface area contributed by atoms with E-state index < -0.39 is 0 Å². The molecule has 1 aliphatic heterocycles. The number of hydrogen-bond acceptors (Lipinski definition) is 5. The highest BCUT2D eigenvalue weighted by molar-refractivity contribution is 7.15. The van der Waals surface area contributed by atoms with Crippen molar-refractivity contribution in [3.05, 3.63) is 89.5 Å². The number of imidazole rings is 1. The van der Waals surface area contributed by atoms with Gasteiger partial charge in [-0.15, -0.1) is 11.3 Å². The summed E-state index contributed by atoms with van der Waals surface area (Å²) in [6, 6.07) is 15.3. The highest BCUT2D eigenvalue weighted by atomic mass is 32.1. The van der Waals surface area contributed by atoms with E-state index in [0.717, 1.165) is 49.6 Å². The standard InChI is InChI=1S/C27H31N5OS/c1-30(19-22-8-5-11-28-18-22)25(16-21-6-3-2-4-7-21)23-9-12-31(13-10-23)26(33)17-24-20-32-14-15-34-27(32)29-24/h2-8,11,14-15,18,20,23,25H,9-10,12-13,16-17,19H2,1H3. The molecular weight excluding hydrogens is 442 g/mol. The molecule has 3 aromatic heterocycles. The van der Waals surface area contributed by atoms with E-state index in [4.69, 9.17) is 0 Å². The number of thiazole rings is 1. The van der Waals surface area contributed by atoms with Gasteiger partial charge in [-0.3, -0.25) is 19.1 Å². The van der Waals surface area contributed by atoms with Crippen molar-refractivity contribution in [3.8, 4) is 0 Å². The molecule has 0 aliphatic carbocycles. The zero-order valence-electron chi connectivity index (χ0n) is 19.6. The third kappa shape index (κ3) is 5.37. The van der Waals surface area contributed by atoms with Crippen LogP contribution in [0, 0.1) is 5.92 Å². The lowest BCUT2D eigenvalue weighted by Gasteiger charge is -2.40. The molecule has 1 unspecified atom stereocenters. The topological polar surface area (TPSA) is 53.7 Å². The molecule has 5 rings (SSSR count). The molecule has 1 atom stereocenters. The number of amides is 1. The van der Waals surface area contributed by atoms with E-state index in [1.807, 2.05) is 45.5 Å². The predicted molar refractivity (Wildman–Crippen MR) is 136 cm³/mol. The molecule has 0 N–H and O–H groups in total. The molecule has 1 amide bonds. The van der Waals surface area contributed by atoms with Gasteiger partial charge in [-0.1, -0.05) is 36.4 Å². The molecule has 1 aromatic carbocycles. The Bertz CT molecular complexity index is 1170. The van der Waals surface area contributed by atoms with E-state index in [9.17, 15) is 4.79 Å². The minimum Gasteiger partial charge on any atom is -0.342 e. The molecule has 0 saturated carbocycles. The molecule has 1 aliphatic rings. The van der Waals surface area contributed by atoms with E-state index in [-0.39, 0.29) is 5.91 Å². The minimum atomic E-state index is 0.188. The molecule has 34 heavy (non-hydrogen) atoms. The van der Waals surface area contributed by atoms with Crippen molar-refractivity contribution in [3.63, 3.8) is 0 Å². The Morgan fingerprint density at radius 3 is 2.68 bits per heavy atom. The molecule has 6 nitrogen and oxygen atoms in total. The van der Waals surface area contributed by atoms with Gasteiger partial charge in [0.1, 0.15) is 0 Å². The van der Waals surface area contributed by atoms with Crippen LogP contribution < -0.4 is 0 Å². The summed E-state index contributed by atoms with van der Waals surface area (Å²) in [7, 11) is 2.22. The first-order chi connectivity index (χ1) is 16.7. The zero-order chi connectivity index (χ0) is 23.3. The summed E-state index contributed by atoms with van der Waals surface area (Å²) in [5, 5.41) is 2.01. The van der Waals surface area contributed by atoms with Crippen LogP contribution in [0.25, 0.3) is 4.96 Å². The highest BCUT2D eigenvalue weighted by Gasteiger charge is 2.31. The van der Waals surface area contributed by atoms with Crippen LogP contribution in [0.4, 0.5) is 0 Å². The number of carbonyl (C=O) groups excluding carboxylic acids is 1. The second-order valence-corrected chi connectivity index (χ2v) is 10.1. The average molecular weight is 474 g/mol. The average Bonchev–Trinajstić information content (AvgIpc) is 3.46. The second kappa shape index (κ2) is 10.5. The molecule has 0 bridgehead atoms. The quantitative estimate of drug-likeness (QED) is 0.383. The molecule has 1 fully saturated rings. The van der Waals surface area contributed by atoms with E-state index in [0.29, 0.717) is 18.4 Å². The molecule has 1 saturated heterocycles. The number of fused-ring (bicyclic) bond motifs is 1. The van der Waals surface area contributed by atoms with Crippen molar-refractivity contribution < 1.29 is 4.79 Å². The van der Waals surface area contributed by atoms with Crippen LogP contribution >= 0.6 is 11.3 Å². The van der Waals surface area contributed by atoms with Gasteiger partial charge in [0.05, 0.1) is 12.1 Å². The number of likely N-dealkylation sites (N-methyl/N-ethyl adjacent to an activating group) is 1. The number of nitrogens with zero attached hydrogens (tertiary/aromatic N) is 5. The number of likely N-dealkylation sites (tertiary alicyclic amines) is 1. The van der Waals surface area contributed by atoms with Crippen molar-refractivity contribution >= 4 is 22.2 Å². The van der Waals surface area contributed by atoms with Crippen LogP contribution in [0.15, 0.2) is 72.6 Å². The van der Waals surface area contributed by atoms with Gasteiger partial charge in [0.15, 0.2) is 4.96 Å². The van der Waals surface area contributed by atoms with E-state index in [1.54, 1.807) is 11.3 Å². The normalized spacial score (nSPS) is 15.8. The molecule has 7 heteroatoms. The van der Waals surface area contributed by atoms with Gasteiger partial charge in [-0.05, 0) is 49.4 Å². The van der Waals surface area contributed by atoms with E-state index in [1.165, 1.54) is 11.1 Å². The summed E-state index contributed by atoms with van der Waals surface area (Å²) in [5.74, 6) is 0.733. The lowest BCUT2D eigenvalue weighted by atomic mass is 9.84. The van der Waals surface area contributed by atoms with Gasteiger partial charge in [0.2, 0.25) is 5.91 Å². The Hall–Kier alpha value is -3.03. The number of benzene rings is 1. The SMILES string of the molecule is CN(Cc1cccnc1)C(Cc1ccccc1)C1CCN(C(=O)Cc2cn3ccsc3n2)CC1. The zero-order valence-corrected chi connectivity index (χ0v) is 20.4. The van der Waals surface area contributed by atoms with Gasteiger partial charge in [0.25, 0.3) is 0 Å². The predicted octanol–water partition coefficient (Wildman–Crippen LogP) is 4.32. The highest BCUT2D eigenvalue weighted by Crippen LogP contribution is 2.28. The lowest BCUT2D eigenvalue weighted by molar-refractivity contribution is -0.132. The molecule has 4 aromatic rings. The fourth-order valence-corrected chi connectivity index (χ4v) is 5.82. The first-order valence-electron chi connectivity index (χ1n) is 12.0. The maximum atomic E-state index is 13.0. The fraction of sp³-hybridized carbons (Fsp3) is 0.370. The van der Waals surface area contributed by atoms with Gasteiger partial charge in [-0.2, -0.15) is 0 Å². The Labute approximate surface area is 204 Å². The van der Waals surface area contributed by atoms with Gasteiger partial charge < -0.3 is 4.90 Å². The first kappa shape index (κ1) is 22.7. The molecular formula is C27H31N5OS. The van der Waals surface area contributed by atoms with Crippen LogP contribution in [-0.4, -0.2) is 56.3 Å². The van der Waals surface area contributed by atoms with Crippen LogP contribution in [-0.2, 0) is 24.2 Å². The smallest absolute Gasteiger partial charge is 0.228 e. The van der Waals surface area contributed by atoms with Crippen LogP contribution in [0.1, 0.15) is 29.7 Å². The van der Waals surface area contributed by atoms with Gasteiger partial charge in [-0.25, -0.2) is 4.98 Å². The van der Waals surface area contributed by atoms with E-state index >= 15 is 0 Å². The van der Waals surface area contributed by atoms with E-state index in [2.05, 4.69) is 58.3 Å². The maximum Gasteiger partial charge on any atom is 0.228 e. The monoisotopic (exact) mass is 473 g/mol. The summed E-state index contributed by atoms with van der Waals surface area (Å²) >= 11 is 1.60. The van der Waals surface area contributed by atoms with Crippen molar-refractivity contribution in [2.24, 2.45) is 5.92 Å². The Kier molecular flexibility index (Phi) is 7.02. The third-order valence-electron chi connectivity index (χ3n) is 6.92. The summed E-state index contributed by atoms with van der Waals surface area (Å²) in [6.07, 6.45) is 11.2. The molecule has 176 valence electrons. The van der Waals surface area contributed by atoms with Crippen LogP contribution in [0.3, 0.4) is 0 Å². The first-order valence-corrected chi connectivity index (χ1v) is 12.9. The van der Waals surface area contributed by atoms with Crippen molar-refractivity contribution in [2.75, 3.05) is 20.1 Å². The Balaban J connectivity index is 1.23. The number of carbonyl (C=O) groups is 1. The van der Waals surface area contributed by atoms with Gasteiger partial charge in [0, 0.05) is 55.8 Å². The maximum absolute atomic E-state index is 13.0. The van der Waals surface area contributed by atoms with Crippen molar-refractivity contribution in [2.45, 2.75) is 38.3 Å². The number of aromatic nitrogens is 3. The molecule has 4 heterocycles. The summed E-state index contributed by atoms with van der Waals surface area (Å²) in [4.78, 5) is 27.3. The minimum absolute atomic E-state index is 0.188. The largest absolute Gasteiger partial charge is 0.342 e. The second-order valence-electron chi connectivity index (χ2n) is 9.25. The summed E-state index contributed by atoms with van der Waals surface area (Å²) in [5.41, 5.74) is 3.46. The number of pyridine rings is 1. The third-order valence-corrected chi connectivity index (χ3v) is 7.69. The van der Waals surface area contributed by atoms with Crippen LogP contribution in [0.5, 0.6) is 0 Å². The van der Waals surface area contributed by atoms with Gasteiger partial charge >= 0.3 is 0 Å². The summed E-state index contributed by atoms with van der Waals surface area (Å²) in [6.45, 7) is 2.51. The Morgan fingerprint density at radius 2 is 1.94 bits per heavy atom. The lowest BCUT2D eigenvalue weighted by Crippen LogP contribution is -2.46. The molecule has 0 spiro atoms. The summed E-state index contributed by atoms with van der Waals surface area (Å²) < 4.78 is 1.99. The number of hydrogen-bond donors (Lipinski definition) is 0.